The average Bonchev–Trinajstić information content (AvgIpc) is 2.87. The van der Waals surface area contributed by atoms with Crippen LogP contribution in [0.15, 0.2) is 68.5 Å². The van der Waals surface area contributed by atoms with Crippen LogP contribution in [0.2, 0.25) is 10.0 Å². The Kier molecular flexibility index (Phi) is 19.1. The van der Waals surface area contributed by atoms with Crippen molar-refractivity contribution in [1.29, 1.82) is 0 Å². The Morgan fingerprint density at radius 3 is 1.24 bits per heavy atom. The van der Waals surface area contributed by atoms with Crippen LogP contribution in [0.1, 0.15) is 25.7 Å². The van der Waals surface area contributed by atoms with Gasteiger partial charge in [-0.25, -0.2) is 0 Å². The van der Waals surface area contributed by atoms with Crippen LogP contribution < -0.4 is 33.6 Å². The summed E-state index contributed by atoms with van der Waals surface area (Å²) in [6.45, 7) is 1.12. The van der Waals surface area contributed by atoms with E-state index in [0.717, 1.165) is 37.1 Å². The van der Waals surface area contributed by atoms with Crippen molar-refractivity contribution >= 4 is 58.4 Å². The lowest BCUT2D eigenvalue weighted by Gasteiger charge is -2.05. The Labute approximate surface area is 250 Å². The lowest BCUT2D eigenvalue weighted by atomic mass is 10.2. The van der Waals surface area contributed by atoms with Crippen molar-refractivity contribution in [2.24, 2.45) is 42.9 Å². The Balaban J connectivity index is 0.00000186. The van der Waals surface area contributed by atoms with Crippen molar-refractivity contribution in [3.8, 4) is 0 Å². The van der Waals surface area contributed by atoms with E-state index in [-0.39, 0.29) is 23.8 Å². The molecule has 42 heavy (non-hydrogen) atoms. The third-order valence-corrected chi connectivity index (χ3v) is 4.82. The first-order valence-electron chi connectivity index (χ1n) is 11.8. The van der Waals surface area contributed by atoms with E-state index >= 15 is 0 Å². The molecule has 2 aromatic rings. The van der Waals surface area contributed by atoms with Gasteiger partial charge in [0.2, 0.25) is 23.8 Å². The summed E-state index contributed by atoms with van der Waals surface area (Å²) in [5, 5.41) is 34.4. The van der Waals surface area contributed by atoms with Gasteiger partial charge in [-0.1, -0.05) is 36.0 Å². The highest BCUT2D eigenvalue weighted by Crippen LogP contribution is 2.13. The van der Waals surface area contributed by atoms with Crippen molar-refractivity contribution in [3.05, 3.63) is 78.8 Å². The highest BCUT2D eigenvalue weighted by molar-refractivity contribution is 6.31. The van der Waals surface area contributed by atoms with Crippen LogP contribution in [-0.2, 0) is 0 Å². The molecule has 0 atom stereocenters. The molecule has 2 rings (SSSR count). The second-order valence-corrected chi connectivity index (χ2v) is 8.50. The van der Waals surface area contributed by atoms with E-state index in [9.17, 15) is 0 Å². The minimum Gasteiger partial charge on any atom is -0.369 e. The lowest BCUT2D eigenvalue weighted by Crippen LogP contribution is -2.26. The number of rotatable bonds is 9. The predicted octanol–water partition coefficient (Wildman–Crippen LogP) is 2.64. The molecule has 0 radical (unpaired) electrons. The number of nitrogens with two attached hydrogens (primary N) is 4. The molecular weight excluding hydrogens is 599 g/mol. The normalized spacial score (nSPS) is 11.8. The lowest BCUT2D eigenvalue weighted by molar-refractivity contribution is -0.742. The molecule has 0 heterocycles. The molecule has 0 aliphatic rings. The zero-order valence-corrected chi connectivity index (χ0v) is 23.6. The number of hydrogen-bond acceptors (Lipinski definition) is 6. The molecule has 12 N–H and O–H groups in total. The van der Waals surface area contributed by atoms with Crippen LogP contribution in [-0.4, -0.2) is 57.5 Å². The molecule has 0 spiro atoms. The summed E-state index contributed by atoms with van der Waals surface area (Å²) in [7, 11) is 0. The fourth-order valence-corrected chi connectivity index (χ4v) is 2.95. The monoisotopic (exact) mass is 630 g/mol. The quantitative estimate of drug-likeness (QED) is 0.0651. The molecule has 0 unspecified atom stereocenters. The van der Waals surface area contributed by atoms with E-state index in [0.29, 0.717) is 23.1 Å². The van der Waals surface area contributed by atoms with E-state index in [2.05, 4.69) is 30.6 Å². The van der Waals surface area contributed by atoms with Crippen LogP contribution in [0.5, 0.6) is 0 Å². The van der Waals surface area contributed by atoms with Gasteiger partial charge in [-0.15, -0.1) is 20.2 Å². The van der Waals surface area contributed by atoms with Crippen LogP contribution in [0, 0.1) is 20.2 Å². The second kappa shape index (κ2) is 21.7. The molecule has 0 bridgehead atoms. The van der Waals surface area contributed by atoms with Crippen molar-refractivity contribution < 1.29 is 20.6 Å². The first-order valence-corrected chi connectivity index (χ1v) is 12.5. The zero-order valence-electron chi connectivity index (χ0n) is 22.1. The van der Waals surface area contributed by atoms with Gasteiger partial charge in [-0.3, -0.25) is 9.98 Å². The molecule has 2 aromatic carbocycles. The first-order chi connectivity index (χ1) is 19.8. The van der Waals surface area contributed by atoms with E-state index in [4.69, 9.17) is 76.8 Å². The Hall–Kier alpha value is -5.10. The molecule has 0 amide bonds. The van der Waals surface area contributed by atoms with Gasteiger partial charge in [0.15, 0.2) is 0 Å². The molecule has 230 valence electrons. The third-order valence-electron chi connectivity index (χ3n) is 4.32. The SMILES string of the molecule is NC(=NCCCCCCN=C(N)N=C(N)Nc1ccc(Cl)cc1)N=C(N)Nc1ccc(Cl)cc1.O=[N+]([O-])O.O=[N+]([O-])O. The van der Waals surface area contributed by atoms with Crippen LogP contribution in [0.25, 0.3) is 0 Å². The van der Waals surface area contributed by atoms with Crippen LogP contribution >= 0.6 is 23.2 Å². The average molecular weight is 631 g/mol. The maximum Gasteiger partial charge on any atom is 0.291 e. The topological polar surface area (TPSA) is 304 Å². The number of nitrogens with zero attached hydrogens (tertiary/aromatic N) is 6. The van der Waals surface area contributed by atoms with Gasteiger partial charge in [-0.2, -0.15) is 9.98 Å². The zero-order chi connectivity index (χ0) is 31.9. The van der Waals surface area contributed by atoms with Gasteiger partial charge < -0.3 is 44.0 Å². The van der Waals surface area contributed by atoms with Crippen molar-refractivity contribution in [1.82, 2.24) is 0 Å². The van der Waals surface area contributed by atoms with Gasteiger partial charge in [0.1, 0.15) is 0 Å². The Morgan fingerprint density at radius 1 is 0.667 bits per heavy atom. The number of aliphatic imine (C=N–C) groups is 4. The van der Waals surface area contributed by atoms with Crippen molar-refractivity contribution in [2.45, 2.75) is 25.7 Å². The molecular formula is C22H32Cl2N12O6. The largest absolute Gasteiger partial charge is 0.369 e. The Bertz CT molecular complexity index is 1120. The fraction of sp³-hybridized carbons (Fsp3) is 0.273. The Morgan fingerprint density at radius 2 is 0.952 bits per heavy atom. The molecule has 0 aromatic heterocycles. The first kappa shape index (κ1) is 36.9. The predicted molar refractivity (Wildman–Crippen MR) is 162 cm³/mol. The van der Waals surface area contributed by atoms with E-state index in [1.807, 2.05) is 0 Å². The number of anilines is 2. The number of benzene rings is 2. The highest BCUT2D eigenvalue weighted by Gasteiger charge is 1.99. The minimum atomic E-state index is -1.50. The third kappa shape index (κ3) is 22.8. The summed E-state index contributed by atoms with van der Waals surface area (Å²) in [6.07, 6.45) is 3.68. The standard InChI is InChI=1S/C22H30Cl2N10.2HNO3/c23-15-5-9-17(10-6-15)31-21(27)33-19(25)29-13-3-1-2-4-14-30-20(26)34-22(28)32-18-11-7-16(24)8-12-18;2*2-1(3)4/h5-12H,1-4,13-14H2,(H5,25,27,29,31,33)(H5,26,28,30,32,34);2*(H,2,3,4). The highest BCUT2D eigenvalue weighted by atomic mass is 35.5. The number of guanidine groups is 4. The number of nitrogens with one attached hydrogen (secondary N) is 2. The van der Waals surface area contributed by atoms with Gasteiger partial charge in [0, 0.05) is 34.5 Å². The van der Waals surface area contributed by atoms with Crippen LogP contribution in [0.4, 0.5) is 11.4 Å². The maximum atomic E-state index is 8.36. The minimum absolute atomic E-state index is 0.124. The van der Waals surface area contributed by atoms with Gasteiger partial charge in [-0.05, 0) is 61.4 Å². The summed E-state index contributed by atoms with van der Waals surface area (Å²) < 4.78 is 0. The van der Waals surface area contributed by atoms with Gasteiger partial charge >= 0.3 is 0 Å². The molecule has 20 heteroatoms. The summed E-state index contributed by atoms with van der Waals surface area (Å²) >= 11 is 11.7. The second-order valence-electron chi connectivity index (χ2n) is 7.63. The number of unbranched alkanes of at least 4 members (excludes halogenated alkanes) is 3. The number of hydrogen-bond donors (Lipinski definition) is 8. The molecule has 0 saturated carbocycles. The summed E-state index contributed by atoms with van der Waals surface area (Å²) in [5.74, 6) is 0.564. The van der Waals surface area contributed by atoms with E-state index in [1.165, 1.54) is 0 Å². The molecule has 0 saturated heterocycles. The van der Waals surface area contributed by atoms with E-state index < -0.39 is 10.2 Å². The number of halogens is 2. The molecule has 0 fully saturated rings. The summed E-state index contributed by atoms with van der Waals surface area (Å²) in [6, 6.07) is 14.1. The smallest absolute Gasteiger partial charge is 0.291 e. The molecule has 18 nitrogen and oxygen atoms in total. The maximum absolute atomic E-state index is 8.36. The fourth-order valence-electron chi connectivity index (χ4n) is 2.70. The van der Waals surface area contributed by atoms with Gasteiger partial charge in [0.05, 0.1) is 0 Å². The molecule has 0 aliphatic heterocycles. The van der Waals surface area contributed by atoms with E-state index in [1.54, 1.807) is 48.5 Å². The molecule has 0 aliphatic carbocycles. The van der Waals surface area contributed by atoms with Crippen LogP contribution in [0.3, 0.4) is 0 Å². The van der Waals surface area contributed by atoms with Crippen molar-refractivity contribution in [3.63, 3.8) is 0 Å². The van der Waals surface area contributed by atoms with Gasteiger partial charge in [0.25, 0.3) is 10.2 Å². The van der Waals surface area contributed by atoms with Crippen molar-refractivity contribution in [2.75, 3.05) is 23.7 Å². The summed E-state index contributed by atoms with van der Waals surface area (Å²) in [4.78, 5) is 33.2. The summed E-state index contributed by atoms with van der Waals surface area (Å²) in [5.41, 5.74) is 24.8.